The van der Waals surface area contributed by atoms with Crippen molar-refractivity contribution in [2.24, 2.45) is 0 Å². The molecule has 0 spiro atoms. The maximum atomic E-state index is 12.2. The number of nitrogens with zero attached hydrogens (tertiary/aromatic N) is 1. The summed E-state index contributed by atoms with van der Waals surface area (Å²) < 4.78 is 5.37. The molecule has 30 heavy (non-hydrogen) atoms. The van der Waals surface area contributed by atoms with E-state index in [0.29, 0.717) is 0 Å². The molecule has 8 nitrogen and oxygen atoms in total. The number of carboxylic acid groups (broad SMARTS) is 1. The lowest BCUT2D eigenvalue weighted by atomic mass is 9.98. The number of benzene rings is 2. The van der Waals surface area contributed by atoms with E-state index in [1.807, 2.05) is 48.5 Å². The standard InChI is InChI=1S/C22H22N2O6/c25-19(24-10-9-22(29,13-24)20(26)27)11-23-21(28)30-12-18-16-7-3-1-5-14(16)15-6-2-4-8-17(15)18/h1-8,18,29H,9-13H2,(H,23,28)(H,26,27). The summed E-state index contributed by atoms with van der Waals surface area (Å²) in [7, 11) is 0. The second kappa shape index (κ2) is 7.79. The molecule has 1 aliphatic heterocycles. The molecule has 2 aromatic carbocycles. The van der Waals surface area contributed by atoms with Gasteiger partial charge in [-0.15, -0.1) is 0 Å². The fourth-order valence-corrected chi connectivity index (χ4v) is 4.09. The molecule has 0 saturated carbocycles. The van der Waals surface area contributed by atoms with Gasteiger partial charge in [0.2, 0.25) is 5.91 Å². The summed E-state index contributed by atoms with van der Waals surface area (Å²) in [5, 5.41) is 21.4. The molecule has 8 heteroatoms. The minimum absolute atomic E-state index is 0.0426. The van der Waals surface area contributed by atoms with E-state index in [2.05, 4.69) is 5.32 Å². The zero-order valence-corrected chi connectivity index (χ0v) is 16.2. The highest BCUT2D eigenvalue weighted by Crippen LogP contribution is 2.44. The van der Waals surface area contributed by atoms with E-state index in [1.54, 1.807) is 0 Å². The highest BCUT2D eigenvalue weighted by atomic mass is 16.5. The van der Waals surface area contributed by atoms with E-state index >= 15 is 0 Å². The second-order valence-corrected chi connectivity index (χ2v) is 7.58. The Kier molecular flexibility index (Phi) is 5.17. The molecule has 1 atom stereocenters. The van der Waals surface area contributed by atoms with Crippen LogP contribution >= 0.6 is 0 Å². The number of hydrogen-bond donors (Lipinski definition) is 3. The van der Waals surface area contributed by atoms with Crippen LogP contribution in [-0.2, 0) is 14.3 Å². The van der Waals surface area contributed by atoms with Gasteiger partial charge in [0.1, 0.15) is 13.2 Å². The third-order valence-corrected chi connectivity index (χ3v) is 5.73. The molecule has 0 aromatic heterocycles. The topological polar surface area (TPSA) is 116 Å². The van der Waals surface area contributed by atoms with Crippen molar-refractivity contribution in [1.82, 2.24) is 10.2 Å². The molecule has 2 aliphatic rings. The zero-order chi connectivity index (χ0) is 21.3. The lowest BCUT2D eigenvalue weighted by molar-refractivity contribution is -0.157. The highest BCUT2D eigenvalue weighted by Gasteiger charge is 2.44. The fourth-order valence-electron chi connectivity index (χ4n) is 4.09. The number of hydrogen-bond acceptors (Lipinski definition) is 5. The Bertz CT molecular complexity index is 961. The van der Waals surface area contributed by atoms with Crippen molar-refractivity contribution < 1.29 is 29.3 Å². The second-order valence-electron chi connectivity index (χ2n) is 7.58. The molecule has 1 fully saturated rings. The minimum Gasteiger partial charge on any atom is -0.479 e. The lowest BCUT2D eigenvalue weighted by Gasteiger charge is -2.19. The number of rotatable bonds is 5. The van der Waals surface area contributed by atoms with Crippen LogP contribution < -0.4 is 5.32 Å². The van der Waals surface area contributed by atoms with Crippen LogP contribution in [-0.4, -0.2) is 64.9 Å². The van der Waals surface area contributed by atoms with Crippen molar-refractivity contribution in [1.29, 1.82) is 0 Å². The van der Waals surface area contributed by atoms with Crippen LogP contribution in [0.5, 0.6) is 0 Å². The summed E-state index contributed by atoms with van der Waals surface area (Å²) in [4.78, 5) is 36.6. The van der Waals surface area contributed by atoms with Gasteiger partial charge in [-0.3, -0.25) is 4.79 Å². The van der Waals surface area contributed by atoms with E-state index in [0.717, 1.165) is 22.3 Å². The number of amides is 2. The van der Waals surface area contributed by atoms with Crippen molar-refractivity contribution in [3.8, 4) is 11.1 Å². The van der Waals surface area contributed by atoms with Crippen LogP contribution in [0.25, 0.3) is 11.1 Å². The molecule has 2 amide bonds. The summed E-state index contributed by atoms with van der Waals surface area (Å²) in [5.74, 6) is -1.91. The average molecular weight is 410 g/mol. The SMILES string of the molecule is O=C(NCC(=O)N1CCC(O)(C(=O)O)C1)OCC1c2ccccc2-c2ccccc21. The number of aliphatic hydroxyl groups is 1. The lowest BCUT2D eigenvalue weighted by Crippen LogP contribution is -2.45. The van der Waals surface area contributed by atoms with Crippen LogP contribution in [0.3, 0.4) is 0 Å². The van der Waals surface area contributed by atoms with Crippen molar-refractivity contribution in [3.05, 3.63) is 59.7 Å². The molecule has 0 radical (unpaired) electrons. The summed E-state index contributed by atoms with van der Waals surface area (Å²) >= 11 is 0. The first-order valence-electron chi connectivity index (χ1n) is 9.71. The van der Waals surface area contributed by atoms with Gasteiger partial charge in [0.15, 0.2) is 5.60 Å². The van der Waals surface area contributed by atoms with Gasteiger partial charge in [0.05, 0.1) is 6.54 Å². The maximum absolute atomic E-state index is 12.2. The highest BCUT2D eigenvalue weighted by molar-refractivity contribution is 5.85. The number of likely N-dealkylation sites (tertiary alicyclic amines) is 1. The molecule has 0 bridgehead atoms. The summed E-state index contributed by atoms with van der Waals surface area (Å²) in [6.07, 6.45) is -0.767. The normalized spacial score (nSPS) is 19.8. The Balaban J connectivity index is 1.32. The number of β-amino-alcohol motifs (C(OH)–C–C–N with tert-alkyl or cyclic N) is 1. The number of alkyl carbamates (subject to hydrolysis) is 1. The molecule has 1 aliphatic carbocycles. The summed E-state index contributed by atoms with van der Waals surface area (Å²) in [5.41, 5.74) is 2.49. The molecular weight excluding hydrogens is 388 g/mol. The number of fused-ring (bicyclic) bond motifs is 3. The molecule has 1 unspecified atom stereocenters. The van der Waals surface area contributed by atoms with Gasteiger partial charge in [0, 0.05) is 18.9 Å². The Morgan fingerprint density at radius 1 is 1.07 bits per heavy atom. The van der Waals surface area contributed by atoms with Gasteiger partial charge in [-0.1, -0.05) is 48.5 Å². The monoisotopic (exact) mass is 410 g/mol. The number of carboxylic acids is 1. The molecule has 1 heterocycles. The number of carbonyl (C=O) groups excluding carboxylic acids is 2. The molecule has 1 saturated heterocycles. The van der Waals surface area contributed by atoms with Crippen LogP contribution in [0.1, 0.15) is 23.5 Å². The van der Waals surface area contributed by atoms with Gasteiger partial charge >= 0.3 is 12.1 Å². The summed E-state index contributed by atoms with van der Waals surface area (Å²) in [6, 6.07) is 16.0. The Labute approximate surface area is 173 Å². The third kappa shape index (κ3) is 3.61. The zero-order valence-electron chi connectivity index (χ0n) is 16.2. The summed E-state index contributed by atoms with van der Waals surface area (Å²) in [6.45, 7) is -0.371. The molecule has 156 valence electrons. The number of carbonyl (C=O) groups is 3. The van der Waals surface area contributed by atoms with Crippen LogP contribution in [0.2, 0.25) is 0 Å². The van der Waals surface area contributed by atoms with E-state index in [1.165, 1.54) is 4.90 Å². The fraction of sp³-hybridized carbons (Fsp3) is 0.318. The maximum Gasteiger partial charge on any atom is 0.407 e. The van der Waals surface area contributed by atoms with Crippen molar-refractivity contribution in [3.63, 3.8) is 0 Å². The quantitative estimate of drug-likeness (QED) is 0.689. The third-order valence-electron chi connectivity index (χ3n) is 5.73. The average Bonchev–Trinajstić information content (AvgIpc) is 3.30. The van der Waals surface area contributed by atoms with Crippen molar-refractivity contribution in [2.75, 3.05) is 26.2 Å². The number of nitrogens with one attached hydrogen (secondary N) is 1. The van der Waals surface area contributed by atoms with Gasteiger partial charge in [0.25, 0.3) is 0 Å². The minimum atomic E-state index is -1.93. The first-order valence-corrected chi connectivity index (χ1v) is 9.71. The van der Waals surface area contributed by atoms with E-state index in [9.17, 15) is 19.5 Å². The van der Waals surface area contributed by atoms with E-state index < -0.39 is 23.6 Å². The molecular formula is C22H22N2O6. The first kappa shape index (κ1) is 19.9. The van der Waals surface area contributed by atoms with Crippen LogP contribution in [0.15, 0.2) is 48.5 Å². The van der Waals surface area contributed by atoms with Gasteiger partial charge in [-0.05, 0) is 22.3 Å². The number of aliphatic carboxylic acids is 1. The van der Waals surface area contributed by atoms with E-state index in [-0.39, 0.29) is 38.6 Å². The smallest absolute Gasteiger partial charge is 0.407 e. The van der Waals surface area contributed by atoms with Gasteiger partial charge < -0.3 is 25.2 Å². The first-order chi connectivity index (χ1) is 14.4. The Morgan fingerprint density at radius 3 is 2.23 bits per heavy atom. The van der Waals surface area contributed by atoms with Gasteiger partial charge in [-0.25, -0.2) is 9.59 Å². The van der Waals surface area contributed by atoms with Crippen LogP contribution in [0.4, 0.5) is 4.79 Å². The predicted molar refractivity (Wildman–Crippen MR) is 107 cm³/mol. The molecule has 2 aromatic rings. The Hall–Kier alpha value is -3.39. The largest absolute Gasteiger partial charge is 0.479 e. The van der Waals surface area contributed by atoms with Crippen molar-refractivity contribution >= 4 is 18.0 Å². The Morgan fingerprint density at radius 2 is 1.67 bits per heavy atom. The number of ether oxygens (including phenoxy) is 1. The van der Waals surface area contributed by atoms with Crippen molar-refractivity contribution in [2.45, 2.75) is 17.9 Å². The molecule has 4 rings (SSSR count). The van der Waals surface area contributed by atoms with E-state index in [4.69, 9.17) is 9.84 Å². The predicted octanol–water partition coefficient (Wildman–Crippen LogP) is 1.57. The van der Waals surface area contributed by atoms with Crippen LogP contribution in [0, 0.1) is 0 Å². The molecule has 3 N–H and O–H groups in total. The van der Waals surface area contributed by atoms with Gasteiger partial charge in [-0.2, -0.15) is 0 Å².